The van der Waals surface area contributed by atoms with Gasteiger partial charge in [0.05, 0.1) is 0 Å². The van der Waals surface area contributed by atoms with Gasteiger partial charge >= 0.3 is 5.97 Å². The molecule has 0 aromatic heterocycles. The topological polar surface area (TPSA) is 75.6 Å². The Labute approximate surface area is 163 Å². The van der Waals surface area contributed by atoms with E-state index in [0.717, 1.165) is 11.1 Å². The van der Waals surface area contributed by atoms with Gasteiger partial charge in [-0.25, -0.2) is 4.79 Å². The summed E-state index contributed by atoms with van der Waals surface area (Å²) in [6.07, 6.45) is -0.999. The number of rotatable bonds is 6. The summed E-state index contributed by atoms with van der Waals surface area (Å²) in [6, 6.07) is 21.1. The standard InChI is InChI=1S/C23H21NO4/c1-15-12-13-16(2)19(14-15)24-22(25)21(17-8-4-3-5-9-17)28-20-11-7-6-10-18(20)23(26)27/h3-14,21H,1-2H3,(H,24,25)(H,26,27). The Kier molecular flexibility index (Phi) is 5.75. The van der Waals surface area contributed by atoms with E-state index in [9.17, 15) is 14.7 Å². The molecule has 0 aliphatic heterocycles. The first-order chi connectivity index (χ1) is 13.5. The molecule has 0 fully saturated rings. The van der Waals surface area contributed by atoms with Crippen molar-refractivity contribution in [2.45, 2.75) is 20.0 Å². The predicted molar refractivity (Wildman–Crippen MR) is 108 cm³/mol. The van der Waals surface area contributed by atoms with Crippen LogP contribution in [0.15, 0.2) is 72.8 Å². The van der Waals surface area contributed by atoms with Gasteiger partial charge in [0.25, 0.3) is 5.91 Å². The number of benzene rings is 3. The first kappa shape index (κ1) is 19.2. The minimum Gasteiger partial charge on any atom is -0.478 e. The van der Waals surface area contributed by atoms with Crippen LogP contribution in [0.5, 0.6) is 5.75 Å². The van der Waals surface area contributed by atoms with E-state index in [1.54, 1.807) is 42.5 Å². The number of nitrogens with one attached hydrogen (secondary N) is 1. The van der Waals surface area contributed by atoms with Crippen molar-refractivity contribution in [3.05, 3.63) is 95.1 Å². The van der Waals surface area contributed by atoms with Gasteiger partial charge in [-0.2, -0.15) is 0 Å². The number of aromatic carboxylic acids is 1. The molecule has 0 saturated carbocycles. The van der Waals surface area contributed by atoms with Crippen molar-refractivity contribution in [2.24, 2.45) is 0 Å². The quantitative estimate of drug-likeness (QED) is 0.651. The van der Waals surface area contributed by atoms with Crippen molar-refractivity contribution in [1.29, 1.82) is 0 Å². The van der Waals surface area contributed by atoms with Gasteiger partial charge in [0, 0.05) is 11.3 Å². The maximum absolute atomic E-state index is 13.1. The lowest BCUT2D eigenvalue weighted by atomic mass is 10.1. The molecule has 1 atom stereocenters. The lowest BCUT2D eigenvalue weighted by Crippen LogP contribution is -2.26. The summed E-state index contributed by atoms with van der Waals surface area (Å²) in [6.45, 7) is 3.86. The number of carbonyl (C=O) groups is 2. The Hall–Kier alpha value is -3.60. The third-order valence-corrected chi connectivity index (χ3v) is 4.35. The van der Waals surface area contributed by atoms with Crippen LogP contribution in [-0.4, -0.2) is 17.0 Å². The molecule has 5 heteroatoms. The van der Waals surface area contributed by atoms with Gasteiger partial charge in [-0.05, 0) is 43.2 Å². The van der Waals surface area contributed by atoms with Crippen molar-refractivity contribution in [1.82, 2.24) is 0 Å². The van der Waals surface area contributed by atoms with Gasteiger partial charge < -0.3 is 15.2 Å². The summed E-state index contributed by atoms with van der Waals surface area (Å²) >= 11 is 0. The molecule has 5 nitrogen and oxygen atoms in total. The highest BCUT2D eigenvalue weighted by Crippen LogP contribution is 2.27. The molecule has 0 aliphatic carbocycles. The molecule has 2 N–H and O–H groups in total. The Balaban J connectivity index is 1.95. The van der Waals surface area contributed by atoms with E-state index in [1.807, 2.05) is 38.1 Å². The molecule has 28 heavy (non-hydrogen) atoms. The molecule has 3 rings (SSSR count). The van der Waals surface area contributed by atoms with Crippen LogP contribution >= 0.6 is 0 Å². The number of hydrogen-bond acceptors (Lipinski definition) is 3. The average Bonchev–Trinajstić information content (AvgIpc) is 2.69. The molecule has 0 bridgehead atoms. The van der Waals surface area contributed by atoms with Crippen molar-refractivity contribution in [3.63, 3.8) is 0 Å². The van der Waals surface area contributed by atoms with Gasteiger partial charge in [-0.15, -0.1) is 0 Å². The van der Waals surface area contributed by atoms with Crippen LogP contribution < -0.4 is 10.1 Å². The Bertz CT molecular complexity index is 998. The summed E-state index contributed by atoms with van der Waals surface area (Å²) in [4.78, 5) is 24.6. The Morgan fingerprint density at radius 2 is 1.61 bits per heavy atom. The molecular weight excluding hydrogens is 354 g/mol. The maximum Gasteiger partial charge on any atom is 0.339 e. The van der Waals surface area contributed by atoms with Crippen LogP contribution in [0.4, 0.5) is 5.69 Å². The SMILES string of the molecule is Cc1ccc(C)c(NC(=O)C(Oc2ccccc2C(=O)O)c2ccccc2)c1. The monoisotopic (exact) mass is 375 g/mol. The lowest BCUT2D eigenvalue weighted by Gasteiger charge is -2.21. The molecule has 0 spiro atoms. The third-order valence-electron chi connectivity index (χ3n) is 4.35. The van der Waals surface area contributed by atoms with Crippen LogP contribution in [0.25, 0.3) is 0 Å². The molecule has 142 valence electrons. The number of hydrogen-bond donors (Lipinski definition) is 2. The van der Waals surface area contributed by atoms with Gasteiger partial charge in [-0.3, -0.25) is 4.79 Å². The van der Waals surface area contributed by atoms with Crippen LogP contribution in [0.1, 0.15) is 33.2 Å². The average molecular weight is 375 g/mol. The first-order valence-corrected chi connectivity index (χ1v) is 8.88. The minimum atomic E-state index is -1.11. The van der Waals surface area contributed by atoms with E-state index in [-0.39, 0.29) is 17.2 Å². The second-order valence-electron chi connectivity index (χ2n) is 6.52. The van der Waals surface area contributed by atoms with Crippen LogP contribution in [0, 0.1) is 13.8 Å². The second-order valence-corrected chi connectivity index (χ2v) is 6.52. The number of anilines is 1. The van der Waals surface area contributed by atoms with E-state index in [0.29, 0.717) is 11.3 Å². The van der Waals surface area contributed by atoms with Gasteiger partial charge in [0.15, 0.2) is 0 Å². The highest BCUT2D eigenvalue weighted by molar-refractivity contribution is 5.96. The molecule has 1 unspecified atom stereocenters. The molecule has 0 saturated heterocycles. The fraction of sp³-hybridized carbons (Fsp3) is 0.130. The highest BCUT2D eigenvalue weighted by Gasteiger charge is 2.25. The summed E-state index contributed by atoms with van der Waals surface area (Å²) in [5.74, 6) is -1.35. The molecule has 3 aromatic rings. The van der Waals surface area contributed by atoms with E-state index < -0.39 is 12.1 Å². The molecular formula is C23H21NO4. The number of ether oxygens (including phenoxy) is 1. The van der Waals surface area contributed by atoms with Gasteiger partial charge in [0.2, 0.25) is 6.10 Å². The summed E-state index contributed by atoms with van der Waals surface area (Å²) in [5.41, 5.74) is 3.28. The predicted octanol–water partition coefficient (Wildman–Crippen LogP) is 4.76. The Morgan fingerprint density at radius 1 is 0.929 bits per heavy atom. The fourth-order valence-electron chi connectivity index (χ4n) is 2.84. The van der Waals surface area contributed by atoms with Crippen LogP contribution in [-0.2, 0) is 4.79 Å². The lowest BCUT2D eigenvalue weighted by molar-refractivity contribution is -0.123. The first-order valence-electron chi connectivity index (χ1n) is 8.88. The van der Waals surface area contributed by atoms with E-state index >= 15 is 0 Å². The van der Waals surface area contributed by atoms with Gasteiger partial charge in [-0.1, -0.05) is 54.6 Å². The third kappa shape index (κ3) is 4.38. The fourth-order valence-corrected chi connectivity index (χ4v) is 2.84. The van der Waals surface area contributed by atoms with E-state index in [1.165, 1.54) is 6.07 Å². The van der Waals surface area contributed by atoms with E-state index in [4.69, 9.17) is 4.74 Å². The molecule has 3 aromatic carbocycles. The number of carbonyl (C=O) groups excluding carboxylic acids is 1. The molecule has 0 aliphatic rings. The number of aryl methyl sites for hydroxylation is 2. The molecule has 0 heterocycles. The zero-order valence-electron chi connectivity index (χ0n) is 15.7. The summed E-state index contributed by atoms with van der Waals surface area (Å²) < 4.78 is 5.90. The minimum absolute atomic E-state index is 0.00275. The molecule has 0 radical (unpaired) electrons. The number of amides is 1. The van der Waals surface area contributed by atoms with Crippen molar-refractivity contribution in [2.75, 3.05) is 5.32 Å². The van der Waals surface area contributed by atoms with Crippen LogP contribution in [0.2, 0.25) is 0 Å². The van der Waals surface area contributed by atoms with Crippen LogP contribution in [0.3, 0.4) is 0 Å². The van der Waals surface area contributed by atoms with Crippen molar-refractivity contribution in [3.8, 4) is 5.75 Å². The largest absolute Gasteiger partial charge is 0.478 e. The zero-order valence-corrected chi connectivity index (χ0v) is 15.7. The van der Waals surface area contributed by atoms with Crippen molar-refractivity contribution >= 4 is 17.6 Å². The van der Waals surface area contributed by atoms with Crippen molar-refractivity contribution < 1.29 is 19.4 Å². The maximum atomic E-state index is 13.1. The number of para-hydroxylation sites is 1. The number of carboxylic acid groups (broad SMARTS) is 1. The summed E-state index contributed by atoms with van der Waals surface area (Å²) in [5, 5.41) is 12.3. The Morgan fingerprint density at radius 3 is 2.32 bits per heavy atom. The summed E-state index contributed by atoms with van der Waals surface area (Å²) in [7, 11) is 0. The highest BCUT2D eigenvalue weighted by atomic mass is 16.5. The normalized spacial score (nSPS) is 11.5. The molecule has 1 amide bonds. The zero-order chi connectivity index (χ0) is 20.1. The van der Waals surface area contributed by atoms with E-state index in [2.05, 4.69) is 5.32 Å². The second kappa shape index (κ2) is 8.39. The number of carboxylic acids is 1. The smallest absolute Gasteiger partial charge is 0.339 e. The van der Waals surface area contributed by atoms with Gasteiger partial charge in [0.1, 0.15) is 11.3 Å².